The van der Waals surface area contributed by atoms with Crippen molar-refractivity contribution in [1.29, 1.82) is 0 Å². The summed E-state index contributed by atoms with van der Waals surface area (Å²) in [6, 6.07) is 1.83. The van der Waals surface area contributed by atoms with Gasteiger partial charge in [-0.25, -0.2) is 4.98 Å². The summed E-state index contributed by atoms with van der Waals surface area (Å²) in [5, 5.41) is 2.62. The highest BCUT2D eigenvalue weighted by Gasteiger charge is 2.48. The van der Waals surface area contributed by atoms with E-state index >= 15 is 0 Å². The molecule has 3 nitrogen and oxygen atoms in total. The number of thiophene rings is 1. The van der Waals surface area contributed by atoms with E-state index in [4.69, 9.17) is 0 Å². The fraction of sp³-hybridized carbons (Fsp3) is 0.455. The van der Waals surface area contributed by atoms with E-state index in [1.165, 1.54) is 11.3 Å². The molecule has 15 heavy (non-hydrogen) atoms. The molecule has 1 N–H and O–H groups in total. The van der Waals surface area contributed by atoms with Crippen LogP contribution in [0.1, 0.15) is 32.0 Å². The second-order valence-electron chi connectivity index (χ2n) is 4.84. The number of fused-ring (bicyclic) bond motifs is 1. The zero-order valence-electron chi connectivity index (χ0n) is 8.70. The fourth-order valence-corrected chi connectivity index (χ4v) is 2.75. The highest BCUT2D eigenvalue weighted by molar-refractivity contribution is 7.16. The van der Waals surface area contributed by atoms with Crippen molar-refractivity contribution in [2.75, 3.05) is 0 Å². The normalized spacial score (nSPS) is 23.2. The van der Waals surface area contributed by atoms with Crippen LogP contribution in [0.25, 0.3) is 10.2 Å². The molecule has 3 rings (SSSR count). The van der Waals surface area contributed by atoms with E-state index in [0.717, 1.165) is 17.1 Å². The molecule has 1 aliphatic rings. The van der Waals surface area contributed by atoms with E-state index in [0.29, 0.717) is 16.7 Å². The molecule has 1 unspecified atom stereocenters. The molecule has 0 spiro atoms. The van der Waals surface area contributed by atoms with Crippen molar-refractivity contribution in [2.45, 2.75) is 26.2 Å². The Morgan fingerprint density at radius 3 is 3.00 bits per heavy atom. The van der Waals surface area contributed by atoms with Crippen molar-refractivity contribution in [1.82, 2.24) is 9.97 Å². The average Bonchev–Trinajstić information content (AvgIpc) is 2.63. The molecule has 0 aromatic carbocycles. The maximum atomic E-state index is 11.7. The average molecular weight is 220 g/mol. The zero-order valence-corrected chi connectivity index (χ0v) is 9.52. The highest BCUT2D eigenvalue weighted by atomic mass is 32.1. The molecule has 0 aliphatic heterocycles. The largest absolute Gasteiger partial charge is 0.310 e. The third-order valence-electron chi connectivity index (χ3n) is 3.20. The van der Waals surface area contributed by atoms with Gasteiger partial charge in [-0.1, -0.05) is 13.8 Å². The van der Waals surface area contributed by atoms with Gasteiger partial charge in [0.15, 0.2) is 0 Å². The van der Waals surface area contributed by atoms with Crippen LogP contribution in [0, 0.1) is 5.41 Å². The Morgan fingerprint density at radius 1 is 1.60 bits per heavy atom. The van der Waals surface area contributed by atoms with Crippen molar-refractivity contribution in [3.8, 4) is 0 Å². The number of nitrogens with one attached hydrogen (secondary N) is 1. The number of aromatic amines is 1. The van der Waals surface area contributed by atoms with Gasteiger partial charge in [-0.2, -0.15) is 0 Å². The van der Waals surface area contributed by atoms with Crippen molar-refractivity contribution in [2.24, 2.45) is 5.41 Å². The van der Waals surface area contributed by atoms with Gasteiger partial charge in [0.05, 0.1) is 5.39 Å². The molecular weight excluding hydrogens is 208 g/mol. The quantitative estimate of drug-likeness (QED) is 0.802. The summed E-state index contributed by atoms with van der Waals surface area (Å²) in [6.45, 7) is 4.41. The van der Waals surface area contributed by atoms with Crippen LogP contribution in [0.5, 0.6) is 0 Å². The number of hydrogen-bond acceptors (Lipinski definition) is 3. The van der Waals surface area contributed by atoms with Gasteiger partial charge in [0.1, 0.15) is 10.7 Å². The first kappa shape index (κ1) is 9.09. The van der Waals surface area contributed by atoms with Crippen LogP contribution in [-0.4, -0.2) is 9.97 Å². The third kappa shape index (κ3) is 1.32. The molecule has 1 atom stereocenters. The number of rotatable bonds is 1. The van der Waals surface area contributed by atoms with Crippen LogP contribution >= 0.6 is 11.3 Å². The predicted molar refractivity (Wildman–Crippen MR) is 61.4 cm³/mol. The van der Waals surface area contributed by atoms with Gasteiger partial charge in [0.2, 0.25) is 0 Å². The van der Waals surface area contributed by atoms with Crippen LogP contribution in [0.3, 0.4) is 0 Å². The molecule has 2 aromatic rings. The summed E-state index contributed by atoms with van der Waals surface area (Å²) in [6.07, 6.45) is 1.12. The lowest BCUT2D eigenvalue weighted by molar-refractivity contribution is 0.609. The predicted octanol–water partition coefficient (Wildman–Crippen LogP) is 2.50. The lowest BCUT2D eigenvalue weighted by Crippen LogP contribution is -2.10. The molecule has 2 aromatic heterocycles. The maximum absolute atomic E-state index is 11.7. The molecule has 0 bridgehead atoms. The Bertz CT molecular complexity index is 582. The Morgan fingerprint density at radius 2 is 2.33 bits per heavy atom. The number of H-pyrrole nitrogens is 1. The Hall–Kier alpha value is -1.16. The molecule has 1 saturated carbocycles. The SMILES string of the molecule is CC1(C)CC1c1nc2sccc2c(=O)[nH]1. The van der Waals surface area contributed by atoms with Crippen molar-refractivity contribution >= 4 is 21.6 Å². The molecule has 1 fully saturated rings. The van der Waals surface area contributed by atoms with Crippen LogP contribution < -0.4 is 5.56 Å². The van der Waals surface area contributed by atoms with Crippen LogP contribution in [0.4, 0.5) is 0 Å². The fourth-order valence-electron chi connectivity index (χ4n) is 1.98. The second kappa shape index (κ2) is 2.70. The number of nitrogens with zero attached hydrogens (tertiary/aromatic N) is 1. The minimum absolute atomic E-state index is 0.000972. The van der Waals surface area contributed by atoms with Crippen LogP contribution in [0.15, 0.2) is 16.2 Å². The summed E-state index contributed by atoms with van der Waals surface area (Å²) >= 11 is 1.53. The maximum Gasteiger partial charge on any atom is 0.259 e. The summed E-state index contributed by atoms with van der Waals surface area (Å²) in [7, 11) is 0. The van der Waals surface area contributed by atoms with Gasteiger partial charge in [0, 0.05) is 5.92 Å². The van der Waals surface area contributed by atoms with Crippen molar-refractivity contribution < 1.29 is 0 Å². The van der Waals surface area contributed by atoms with E-state index in [-0.39, 0.29) is 5.56 Å². The summed E-state index contributed by atoms with van der Waals surface area (Å²) in [5.41, 5.74) is 0.305. The van der Waals surface area contributed by atoms with E-state index in [9.17, 15) is 4.79 Å². The van der Waals surface area contributed by atoms with Crippen LogP contribution in [-0.2, 0) is 0 Å². The molecular formula is C11H12N2OS. The van der Waals surface area contributed by atoms with E-state index < -0.39 is 0 Å². The Balaban J connectivity index is 2.18. The molecule has 0 amide bonds. The lowest BCUT2D eigenvalue weighted by Gasteiger charge is -2.02. The first-order chi connectivity index (χ1) is 7.08. The smallest absolute Gasteiger partial charge is 0.259 e. The second-order valence-corrected chi connectivity index (χ2v) is 5.73. The van der Waals surface area contributed by atoms with E-state index in [2.05, 4.69) is 23.8 Å². The summed E-state index contributed by atoms with van der Waals surface area (Å²) in [4.78, 5) is 20.0. The van der Waals surface area contributed by atoms with Crippen LogP contribution in [0.2, 0.25) is 0 Å². The monoisotopic (exact) mass is 220 g/mol. The van der Waals surface area contributed by atoms with Gasteiger partial charge in [-0.3, -0.25) is 4.79 Å². The minimum Gasteiger partial charge on any atom is -0.310 e. The first-order valence-corrected chi connectivity index (χ1v) is 5.93. The molecule has 78 valence electrons. The molecule has 2 heterocycles. The third-order valence-corrected chi connectivity index (χ3v) is 4.00. The molecule has 0 radical (unpaired) electrons. The zero-order chi connectivity index (χ0) is 10.6. The van der Waals surface area contributed by atoms with Gasteiger partial charge in [-0.15, -0.1) is 11.3 Å². The van der Waals surface area contributed by atoms with Gasteiger partial charge in [-0.05, 0) is 23.3 Å². The van der Waals surface area contributed by atoms with Gasteiger partial charge >= 0.3 is 0 Å². The van der Waals surface area contributed by atoms with Gasteiger partial charge < -0.3 is 4.98 Å². The number of hydrogen-bond donors (Lipinski definition) is 1. The Labute approximate surface area is 91.2 Å². The number of aromatic nitrogens is 2. The van der Waals surface area contributed by atoms with E-state index in [1.54, 1.807) is 0 Å². The summed E-state index contributed by atoms with van der Waals surface area (Å²) < 4.78 is 0. The standard InChI is InChI=1S/C11H12N2OS/c1-11(2)5-7(11)8-12-9(14)6-3-4-15-10(6)13-8/h3-4,7H,5H2,1-2H3,(H,12,13,14). The molecule has 0 saturated heterocycles. The molecule has 1 aliphatic carbocycles. The Kier molecular flexibility index (Phi) is 1.63. The van der Waals surface area contributed by atoms with Crippen molar-refractivity contribution in [3.05, 3.63) is 27.6 Å². The van der Waals surface area contributed by atoms with Gasteiger partial charge in [0.25, 0.3) is 5.56 Å². The topological polar surface area (TPSA) is 45.8 Å². The van der Waals surface area contributed by atoms with Crippen molar-refractivity contribution in [3.63, 3.8) is 0 Å². The van der Waals surface area contributed by atoms with E-state index in [1.807, 2.05) is 11.4 Å². The first-order valence-electron chi connectivity index (χ1n) is 5.05. The summed E-state index contributed by atoms with van der Waals surface area (Å²) in [5.74, 6) is 1.29. The minimum atomic E-state index is -0.000972. The lowest BCUT2D eigenvalue weighted by atomic mass is 10.1. The molecule has 4 heteroatoms. The highest BCUT2D eigenvalue weighted by Crippen LogP contribution is 2.57.